The first-order chi connectivity index (χ1) is 8.29. The highest BCUT2D eigenvalue weighted by Gasteiger charge is 2.32. The molecule has 2 heterocycles. The minimum absolute atomic E-state index is 0.0506. The first-order valence-corrected chi connectivity index (χ1v) is 6.10. The SMILES string of the molecule is N#CCNC(=O)CN1CC(N2CCNCC2)C1. The fraction of sp³-hybridized carbons (Fsp3) is 0.818. The second-order valence-corrected chi connectivity index (χ2v) is 4.57. The van der Waals surface area contributed by atoms with Crippen LogP contribution >= 0.6 is 0 Å². The van der Waals surface area contributed by atoms with E-state index >= 15 is 0 Å². The van der Waals surface area contributed by atoms with E-state index in [-0.39, 0.29) is 12.5 Å². The third kappa shape index (κ3) is 3.40. The van der Waals surface area contributed by atoms with Crippen LogP contribution in [0.1, 0.15) is 0 Å². The van der Waals surface area contributed by atoms with Crippen LogP contribution in [-0.2, 0) is 4.79 Å². The second kappa shape index (κ2) is 5.96. The fourth-order valence-electron chi connectivity index (χ4n) is 2.35. The topological polar surface area (TPSA) is 71.4 Å². The molecular formula is C11H19N5O. The molecule has 0 aromatic rings. The first-order valence-electron chi connectivity index (χ1n) is 6.10. The Morgan fingerprint density at radius 3 is 2.76 bits per heavy atom. The summed E-state index contributed by atoms with van der Waals surface area (Å²) in [6.07, 6.45) is 0. The van der Waals surface area contributed by atoms with Crippen LogP contribution in [0.4, 0.5) is 0 Å². The number of amides is 1. The summed E-state index contributed by atoms with van der Waals surface area (Å²) in [5, 5.41) is 14.2. The Balaban J connectivity index is 1.61. The summed E-state index contributed by atoms with van der Waals surface area (Å²) in [5.41, 5.74) is 0. The molecule has 2 aliphatic heterocycles. The predicted molar refractivity (Wildman–Crippen MR) is 63.3 cm³/mol. The number of carbonyl (C=O) groups excluding carboxylic acids is 1. The lowest BCUT2D eigenvalue weighted by molar-refractivity contribution is -0.124. The van der Waals surface area contributed by atoms with Crippen LogP contribution in [0.25, 0.3) is 0 Å². The zero-order chi connectivity index (χ0) is 12.1. The summed E-state index contributed by atoms with van der Waals surface area (Å²) >= 11 is 0. The number of carbonyl (C=O) groups is 1. The van der Waals surface area contributed by atoms with E-state index in [1.807, 2.05) is 6.07 Å². The van der Waals surface area contributed by atoms with Gasteiger partial charge in [0.2, 0.25) is 5.91 Å². The summed E-state index contributed by atoms with van der Waals surface area (Å²) in [6.45, 7) is 6.83. The molecule has 17 heavy (non-hydrogen) atoms. The highest BCUT2D eigenvalue weighted by Crippen LogP contribution is 2.14. The molecule has 6 nitrogen and oxygen atoms in total. The van der Waals surface area contributed by atoms with Crippen molar-refractivity contribution in [3.63, 3.8) is 0 Å². The molecule has 2 N–H and O–H groups in total. The number of hydrogen-bond donors (Lipinski definition) is 2. The summed E-state index contributed by atoms with van der Waals surface area (Å²) in [4.78, 5) is 16.0. The molecule has 2 rings (SSSR count). The van der Waals surface area contributed by atoms with Crippen LogP contribution < -0.4 is 10.6 Å². The number of nitrogens with one attached hydrogen (secondary N) is 2. The van der Waals surface area contributed by atoms with Gasteiger partial charge in [0.1, 0.15) is 6.54 Å². The van der Waals surface area contributed by atoms with Crippen molar-refractivity contribution in [3.05, 3.63) is 0 Å². The maximum Gasteiger partial charge on any atom is 0.235 e. The number of nitrogens with zero attached hydrogens (tertiary/aromatic N) is 3. The van der Waals surface area contributed by atoms with Crippen molar-refractivity contribution in [2.75, 3.05) is 52.4 Å². The molecule has 0 atom stereocenters. The average molecular weight is 237 g/mol. The van der Waals surface area contributed by atoms with Gasteiger partial charge in [-0.15, -0.1) is 0 Å². The third-order valence-electron chi connectivity index (χ3n) is 3.34. The van der Waals surface area contributed by atoms with E-state index in [2.05, 4.69) is 20.4 Å². The number of rotatable bonds is 4. The van der Waals surface area contributed by atoms with Crippen molar-refractivity contribution in [1.29, 1.82) is 5.26 Å². The molecule has 2 fully saturated rings. The molecule has 0 aromatic carbocycles. The molecule has 6 heteroatoms. The summed E-state index contributed by atoms with van der Waals surface area (Å²) in [7, 11) is 0. The summed E-state index contributed by atoms with van der Waals surface area (Å²) < 4.78 is 0. The lowest BCUT2D eigenvalue weighted by atomic mass is 10.1. The van der Waals surface area contributed by atoms with Crippen LogP contribution in [0, 0.1) is 11.3 Å². The van der Waals surface area contributed by atoms with E-state index in [4.69, 9.17) is 5.26 Å². The minimum atomic E-state index is -0.0506. The van der Waals surface area contributed by atoms with Gasteiger partial charge >= 0.3 is 0 Å². The van der Waals surface area contributed by atoms with E-state index in [1.165, 1.54) is 0 Å². The van der Waals surface area contributed by atoms with Crippen LogP contribution in [0.5, 0.6) is 0 Å². The Labute approximate surface area is 102 Å². The molecular weight excluding hydrogens is 218 g/mol. The van der Waals surface area contributed by atoms with Crippen molar-refractivity contribution < 1.29 is 4.79 Å². The van der Waals surface area contributed by atoms with E-state index < -0.39 is 0 Å². The van der Waals surface area contributed by atoms with E-state index in [9.17, 15) is 4.79 Å². The van der Waals surface area contributed by atoms with Gasteiger partial charge in [0.25, 0.3) is 0 Å². The fourth-order valence-corrected chi connectivity index (χ4v) is 2.35. The number of piperazine rings is 1. The van der Waals surface area contributed by atoms with Gasteiger partial charge in [0, 0.05) is 45.3 Å². The Morgan fingerprint density at radius 2 is 2.12 bits per heavy atom. The highest BCUT2D eigenvalue weighted by molar-refractivity contribution is 5.78. The molecule has 0 saturated carbocycles. The lowest BCUT2D eigenvalue weighted by Crippen LogP contribution is -2.63. The van der Waals surface area contributed by atoms with Gasteiger partial charge in [-0.2, -0.15) is 5.26 Å². The average Bonchev–Trinajstić information content (AvgIpc) is 2.31. The minimum Gasteiger partial charge on any atom is -0.342 e. The van der Waals surface area contributed by atoms with E-state index in [1.54, 1.807) is 0 Å². The predicted octanol–water partition coefficient (Wildman–Crippen LogP) is -1.78. The zero-order valence-electron chi connectivity index (χ0n) is 9.98. The summed E-state index contributed by atoms with van der Waals surface area (Å²) in [6, 6.07) is 2.51. The van der Waals surface area contributed by atoms with Gasteiger partial charge in [-0.1, -0.05) is 0 Å². The van der Waals surface area contributed by atoms with Gasteiger partial charge in [0.15, 0.2) is 0 Å². The third-order valence-corrected chi connectivity index (χ3v) is 3.34. The lowest BCUT2D eigenvalue weighted by Gasteiger charge is -2.46. The smallest absolute Gasteiger partial charge is 0.235 e. The van der Waals surface area contributed by atoms with Crippen LogP contribution in [-0.4, -0.2) is 74.1 Å². The molecule has 0 aromatic heterocycles. The number of nitriles is 1. The maximum absolute atomic E-state index is 11.4. The van der Waals surface area contributed by atoms with Gasteiger partial charge in [0.05, 0.1) is 12.6 Å². The Hall–Kier alpha value is -1.16. The molecule has 1 amide bonds. The molecule has 0 bridgehead atoms. The van der Waals surface area contributed by atoms with E-state index in [0.29, 0.717) is 12.6 Å². The standard InChI is InChI=1S/C11H19N5O/c12-1-2-14-11(17)9-15-7-10(8-15)16-5-3-13-4-6-16/h10,13H,2-9H2,(H,14,17). The Bertz CT molecular complexity index is 301. The molecule has 0 aliphatic carbocycles. The normalized spacial score (nSPS) is 22.8. The molecule has 94 valence electrons. The molecule has 0 unspecified atom stereocenters. The zero-order valence-corrected chi connectivity index (χ0v) is 9.98. The van der Waals surface area contributed by atoms with Crippen molar-refractivity contribution in [2.24, 2.45) is 0 Å². The van der Waals surface area contributed by atoms with Crippen LogP contribution in [0.15, 0.2) is 0 Å². The van der Waals surface area contributed by atoms with Gasteiger partial charge in [-0.3, -0.25) is 14.6 Å². The second-order valence-electron chi connectivity index (χ2n) is 4.57. The first kappa shape index (κ1) is 12.3. The quantitative estimate of drug-likeness (QED) is 0.565. The summed E-state index contributed by atoms with van der Waals surface area (Å²) in [5.74, 6) is -0.0506. The van der Waals surface area contributed by atoms with Gasteiger partial charge < -0.3 is 10.6 Å². The number of hydrogen-bond acceptors (Lipinski definition) is 5. The Kier molecular flexibility index (Phi) is 4.31. The molecule has 2 aliphatic rings. The Morgan fingerprint density at radius 1 is 1.41 bits per heavy atom. The maximum atomic E-state index is 11.4. The highest BCUT2D eigenvalue weighted by atomic mass is 16.2. The van der Waals surface area contributed by atoms with Crippen molar-refractivity contribution >= 4 is 5.91 Å². The van der Waals surface area contributed by atoms with Crippen LogP contribution in [0.2, 0.25) is 0 Å². The monoisotopic (exact) mass is 237 g/mol. The van der Waals surface area contributed by atoms with Crippen molar-refractivity contribution in [1.82, 2.24) is 20.4 Å². The molecule has 2 saturated heterocycles. The van der Waals surface area contributed by atoms with Crippen molar-refractivity contribution in [2.45, 2.75) is 6.04 Å². The van der Waals surface area contributed by atoms with Gasteiger partial charge in [-0.05, 0) is 0 Å². The van der Waals surface area contributed by atoms with Crippen molar-refractivity contribution in [3.8, 4) is 6.07 Å². The van der Waals surface area contributed by atoms with E-state index in [0.717, 1.165) is 39.3 Å². The molecule has 0 spiro atoms. The van der Waals surface area contributed by atoms with Crippen LogP contribution in [0.3, 0.4) is 0 Å². The van der Waals surface area contributed by atoms with Gasteiger partial charge in [-0.25, -0.2) is 0 Å². The molecule has 0 radical (unpaired) electrons. The largest absolute Gasteiger partial charge is 0.342 e. The number of likely N-dealkylation sites (tertiary alicyclic amines) is 1.